The first kappa shape index (κ1) is 8.38. The Morgan fingerprint density at radius 3 is 2.85 bits per heavy atom. The van der Waals surface area contributed by atoms with Gasteiger partial charge in [0.05, 0.1) is 15.9 Å². The number of aromatic amines is 1. The van der Waals surface area contributed by atoms with E-state index in [1.807, 2.05) is 0 Å². The number of fused-ring (bicyclic) bond motifs is 1. The first-order valence-electron chi connectivity index (χ1n) is 3.76. The van der Waals surface area contributed by atoms with Gasteiger partial charge in [-0.1, -0.05) is 11.6 Å². The van der Waals surface area contributed by atoms with Crippen LogP contribution in [0.2, 0.25) is 5.02 Å². The van der Waals surface area contributed by atoms with E-state index in [1.54, 1.807) is 13.0 Å². The van der Waals surface area contributed by atoms with Gasteiger partial charge in [-0.25, -0.2) is 4.39 Å². The van der Waals surface area contributed by atoms with Gasteiger partial charge in [-0.15, -0.1) is 0 Å². The number of rotatable bonds is 0. The van der Waals surface area contributed by atoms with Crippen LogP contribution < -0.4 is 0 Å². The Kier molecular flexibility index (Phi) is 1.70. The fourth-order valence-electron chi connectivity index (χ4n) is 1.33. The number of H-pyrrole nitrogens is 1. The SMILES string of the molecule is Cc1[nH]c2ccc(O)c(F)c2c1Cl. The molecule has 2 nitrogen and oxygen atoms in total. The lowest BCUT2D eigenvalue weighted by Gasteiger charge is -1.96. The predicted molar refractivity (Wildman–Crippen MR) is 49.7 cm³/mol. The minimum Gasteiger partial charge on any atom is -0.505 e. The lowest BCUT2D eigenvalue weighted by atomic mass is 10.2. The van der Waals surface area contributed by atoms with Crippen LogP contribution in [0.1, 0.15) is 5.69 Å². The van der Waals surface area contributed by atoms with E-state index in [9.17, 15) is 4.39 Å². The molecule has 0 spiro atoms. The third kappa shape index (κ3) is 1.08. The standard InChI is InChI=1S/C9H7ClFNO/c1-4-8(10)7-5(12-4)2-3-6(13)9(7)11/h2-3,12-13H,1H3. The minimum absolute atomic E-state index is 0.249. The van der Waals surface area contributed by atoms with Crippen molar-refractivity contribution in [1.29, 1.82) is 0 Å². The van der Waals surface area contributed by atoms with E-state index in [4.69, 9.17) is 16.7 Å². The Bertz CT molecular complexity index is 478. The second-order valence-electron chi connectivity index (χ2n) is 2.89. The summed E-state index contributed by atoms with van der Waals surface area (Å²) in [5.41, 5.74) is 1.29. The molecule has 2 N–H and O–H groups in total. The van der Waals surface area contributed by atoms with E-state index >= 15 is 0 Å². The highest BCUT2D eigenvalue weighted by atomic mass is 35.5. The zero-order chi connectivity index (χ0) is 9.59. The zero-order valence-corrected chi connectivity index (χ0v) is 7.61. The molecule has 0 aliphatic heterocycles. The van der Waals surface area contributed by atoms with Crippen molar-refractivity contribution in [2.24, 2.45) is 0 Å². The smallest absolute Gasteiger partial charge is 0.175 e. The summed E-state index contributed by atoms with van der Waals surface area (Å²) in [6.07, 6.45) is 0. The summed E-state index contributed by atoms with van der Waals surface area (Å²) in [7, 11) is 0. The molecule has 0 amide bonds. The topological polar surface area (TPSA) is 36.0 Å². The van der Waals surface area contributed by atoms with Crippen molar-refractivity contribution in [2.45, 2.75) is 6.92 Å². The molecule has 2 aromatic rings. The predicted octanol–water partition coefficient (Wildman–Crippen LogP) is 2.97. The molecule has 0 fully saturated rings. The lowest BCUT2D eigenvalue weighted by molar-refractivity contribution is 0.436. The summed E-state index contributed by atoms with van der Waals surface area (Å²) in [6, 6.07) is 2.89. The van der Waals surface area contributed by atoms with Crippen molar-refractivity contribution >= 4 is 22.5 Å². The van der Waals surface area contributed by atoms with Gasteiger partial charge in [-0.3, -0.25) is 0 Å². The number of aromatic hydroxyl groups is 1. The van der Waals surface area contributed by atoms with E-state index in [1.165, 1.54) is 6.07 Å². The Labute approximate surface area is 79.0 Å². The monoisotopic (exact) mass is 199 g/mol. The Balaban J connectivity index is 2.97. The maximum atomic E-state index is 13.3. The van der Waals surface area contributed by atoms with Gasteiger partial charge in [-0.05, 0) is 19.1 Å². The average molecular weight is 200 g/mol. The highest BCUT2D eigenvalue weighted by molar-refractivity contribution is 6.36. The van der Waals surface area contributed by atoms with Gasteiger partial charge in [-0.2, -0.15) is 0 Å². The van der Waals surface area contributed by atoms with Crippen LogP contribution in [0.25, 0.3) is 10.9 Å². The number of nitrogens with one attached hydrogen (secondary N) is 1. The van der Waals surface area contributed by atoms with E-state index in [0.717, 1.165) is 0 Å². The Morgan fingerprint density at radius 1 is 1.46 bits per heavy atom. The van der Waals surface area contributed by atoms with Crippen LogP contribution in [-0.4, -0.2) is 10.1 Å². The molecule has 0 atom stereocenters. The van der Waals surface area contributed by atoms with Crippen molar-refractivity contribution in [1.82, 2.24) is 4.98 Å². The minimum atomic E-state index is -0.674. The molecule has 1 heterocycles. The maximum absolute atomic E-state index is 13.3. The van der Waals surface area contributed by atoms with Gasteiger partial charge in [0, 0.05) is 5.69 Å². The first-order chi connectivity index (χ1) is 6.11. The van der Waals surface area contributed by atoms with Crippen LogP contribution in [-0.2, 0) is 0 Å². The largest absolute Gasteiger partial charge is 0.505 e. The molecule has 0 aliphatic rings. The molecule has 0 saturated carbocycles. The molecular weight excluding hydrogens is 193 g/mol. The molecule has 1 aromatic heterocycles. The van der Waals surface area contributed by atoms with Crippen LogP contribution in [0.15, 0.2) is 12.1 Å². The number of aromatic nitrogens is 1. The molecule has 4 heteroatoms. The summed E-state index contributed by atoms with van der Waals surface area (Å²) < 4.78 is 13.3. The van der Waals surface area contributed by atoms with Crippen LogP contribution in [0.3, 0.4) is 0 Å². The van der Waals surface area contributed by atoms with Crippen LogP contribution >= 0.6 is 11.6 Å². The van der Waals surface area contributed by atoms with Crippen molar-refractivity contribution in [3.8, 4) is 5.75 Å². The average Bonchev–Trinajstić information content (AvgIpc) is 2.37. The quantitative estimate of drug-likeness (QED) is 0.672. The van der Waals surface area contributed by atoms with E-state index < -0.39 is 5.82 Å². The molecule has 13 heavy (non-hydrogen) atoms. The number of phenolic OH excluding ortho intramolecular Hbond substituents is 1. The number of phenols is 1. The molecule has 0 aliphatic carbocycles. The molecule has 0 saturated heterocycles. The maximum Gasteiger partial charge on any atom is 0.175 e. The van der Waals surface area contributed by atoms with Crippen LogP contribution in [0.4, 0.5) is 4.39 Å². The van der Waals surface area contributed by atoms with Gasteiger partial charge >= 0.3 is 0 Å². The second kappa shape index (κ2) is 2.64. The number of hydrogen-bond acceptors (Lipinski definition) is 1. The Hall–Kier alpha value is -1.22. The molecular formula is C9H7ClFNO. The van der Waals surface area contributed by atoms with Gasteiger partial charge < -0.3 is 10.1 Å². The number of hydrogen-bond donors (Lipinski definition) is 2. The van der Waals surface area contributed by atoms with E-state index in [-0.39, 0.29) is 11.1 Å². The fraction of sp³-hybridized carbons (Fsp3) is 0.111. The number of aryl methyl sites for hydroxylation is 1. The van der Waals surface area contributed by atoms with Crippen molar-refractivity contribution in [3.63, 3.8) is 0 Å². The van der Waals surface area contributed by atoms with Gasteiger partial charge in [0.25, 0.3) is 0 Å². The fourth-order valence-corrected chi connectivity index (χ4v) is 1.56. The normalized spacial score (nSPS) is 11.0. The van der Waals surface area contributed by atoms with Crippen molar-refractivity contribution < 1.29 is 9.50 Å². The summed E-state index contributed by atoms with van der Waals surface area (Å²) in [5.74, 6) is -1.06. The molecule has 0 radical (unpaired) electrons. The third-order valence-electron chi connectivity index (χ3n) is 1.99. The number of benzene rings is 1. The van der Waals surface area contributed by atoms with Gasteiger partial charge in [0.1, 0.15) is 0 Å². The first-order valence-corrected chi connectivity index (χ1v) is 4.14. The van der Waals surface area contributed by atoms with Crippen LogP contribution in [0.5, 0.6) is 5.75 Å². The molecule has 0 unspecified atom stereocenters. The molecule has 2 rings (SSSR count). The summed E-state index contributed by atoms with van der Waals surface area (Å²) in [5, 5.41) is 9.68. The van der Waals surface area contributed by atoms with Crippen LogP contribution in [0, 0.1) is 12.7 Å². The zero-order valence-electron chi connectivity index (χ0n) is 6.86. The van der Waals surface area contributed by atoms with Gasteiger partial charge in [0.2, 0.25) is 0 Å². The Morgan fingerprint density at radius 2 is 2.15 bits per heavy atom. The van der Waals surface area contributed by atoms with Crippen molar-refractivity contribution in [3.05, 3.63) is 28.7 Å². The van der Waals surface area contributed by atoms with Crippen molar-refractivity contribution in [2.75, 3.05) is 0 Å². The van der Waals surface area contributed by atoms with E-state index in [2.05, 4.69) is 4.98 Å². The van der Waals surface area contributed by atoms with E-state index in [0.29, 0.717) is 16.2 Å². The molecule has 68 valence electrons. The van der Waals surface area contributed by atoms with Gasteiger partial charge in [0.15, 0.2) is 11.6 Å². The highest BCUT2D eigenvalue weighted by Gasteiger charge is 2.13. The molecule has 1 aromatic carbocycles. The summed E-state index contributed by atoms with van der Waals surface area (Å²) >= 11 is 5.84. The lowest BCUT2D eigenvalue weighted by Crippen LogP contribution is -1.77. The molecule has 0 bridgehead atoms. The number of halogens is 2. The third-order valence-corrected chi connectivity index (χ3v) is 2.46. The second-order valence-corrected chi connectivity index (χ2v) is 3.26. The summed E-state index contributed by atoms with van der Waals surface area (Å²) in [6.45, 7) is 1.75. The highest BCUT2D eigenvalue weighted by Crippen LogP contribution is 2.32. The summed E-state index contributed by atoms with van der Waals surface area (Å²) in [4.78, 5) is 2.91.